The van der Waals surface area contributed by atoms with E-state index in [0.717, 1.165) is 60.4 Å². The predicted octanol–water partition coefficient (Wildman–Crippen LogP) is 4.16. The van der Waals surface area contributed by atoms with Crippen molar-refractivity contribution in [2.45, 2.75) is 85.1 Å². The first-order chi connectivity index (χ1) is 17.7. The van der Waals surface area contributed by atoms with E-state index < -0.39 is 5.79 Å². The Labute approximate surface area is 218 Å². The van der Waals surface area contributed by atoms with Gasteiger partial charge in [0.2, 0.25) is 0 Å². The summed E-state index contributed by atoms with van der Waals surface area (Å²) in [6.45, 7) is 11.7. The standard InChI is InChI=1S/C29H39N3O5/c1-7-30-20-10-8-19(9-11-20)29(5)36-25-17(3)21-12-13-32(28(34)24(21)18(4)26(25)37-29)15-22-23(35-6)14-16(2)31-27(22)33/h14,19-20,30H,7-13,15H2,1-6H3,(H,31,33)/t19-,20-,29?. The fourth-order valence-electron chi connectivity index (χ4n) is 6.42. The number of H-pyrrole nitrogens is 1. The van der Waals surface area contributed by atoms with Crippen molar-refractivity contribution >= 4 is 5.91 Å². The summed E-state index contributed by atoms with van der Waals surface area (Å²) < 4.78 is 18.6. The number of aromatic amines is 1. The number of ether oxygens (including phenoxy) is 3. The molecular weight excluding hydrogens is 470 g/mol. The van der Waals surface area contributed by atoms with Crippen molar-refractivity contribution in [2.75, 3.05) is 20.2 Å². The molecule has 1 aromatic heterocycles. The van der Waals surface area contributed by atoms with Gasteiger partial charge in [0.1, 0.15) is 5.75 Å². The third-order valence-electron chi connectivity index (χ3n) is 8.52. The van der Waals surface area contributed by atoms with E-state index in [1.165, 1.54) is 0 Å². The molecule has 1 atom stereocenters. The molecule has 1 unspecified atom stereocenters. The Morgan fingerprint density at radius 2 is 1.78 bits per heavy atom. The van der Waals surface area contributed by atoms with Gasteiger partial charge in [-0.1, -0.05) is 6.92 Å². The van der Waals surface area contributed by atoms with E-state index in [2.05, 4.69) is 17.2 Å². The number of carbonyl (C=O) groups excluding carboxylic acids is 1. The van der Waals surface area contributed by atoms with E-state index in [4.69, 9.17) is 14.2 Å². The topological polar surface area (TPSA) is 92.9 Å². The summed E-state index contributed by atoms with van der Waals surface area (Å²) in [6.07, 6.45) is 5.00. The second-order valence-corrected chi connectivity index (χ2v) is 10.9. The van der Waals surface area contributed by atoms with Gasteiger partial charge in [-0.2, -0.15) is 0 Å². The maximum absolute atomic E-state index is 13.8. The lowest BCUT2D eigenvalue weighted by molar-refractivity contribution is -0.121. The Hall–Kier alpha value is -3.00. The fraction of sp³-hybridized carbons (Fsp3) is 0.586. The van der Waals surface area contributed by atoms with Crippen LogP contribution in [0.25, 0.3) is 0 Å². The number of aryl methyl sites for hydroxylation is 1. The summed E-state index contributed by atoms with van der Waals surface area (Å²) in [7, 11) is 1.54. The number of nitrogens with one attached hydrogen (secondary N) is 2. The maximum Gasteiger partial charge on any atom is 0.256 e. The summed E-state index contributed by atoms with van der Waals surface area (Å²) in [6, 6.07) is 2.35. The number of amides is 1. The number of hydrogen-bond acceptors (Lipinski definition) is 6. The van der Waals surface area contributed by atoms with Gasteiger partial charge in [0, 0.05) is 42.2 Å². The zero-order valence-corrected chi connectivity index (χ0v) is 22.9. The monoisotopic (exact) mass is 509 g/mol. The summed E-state index contributed by atoms with van der Waals surface area (Å²) >= 11 is 0. The third-order valence-corrected chi connectivity index (χ3v) is 8.52. The van der Waals surface area contributed by atoms with Gasteiger partial charge in [0.25, 0.3) is 17.3 Å². The molecule has 0 spiro atoms. The maximum atomic E-state index is 13.8. The van der Waals surface area contributed by atoms with Crippen molar-refractivity contribution in [3.8, 4) is 17.2 Å². The molecule has 0 bridgehead atoms. The van der Waals surface area contributed by atoms with E-state index in [9.17, 15) is 9.59 Å². The van der Waals surface area contributed by atoms with Gasteiger partial charge in [-0.15, -0.1) is 0 Å². The van der Waals surface area contributed by atoms with E-state index in [0.29, 0.717) is 47.6 Å². The molecule has 2 aliphatic heterocycles. The molecule has 0 radical (unpaired) electrons. The molecule has 200 valence electrons. The molecule has 2 aromatic rings. The number of methoxy groups -OCH3 is 1. The highest BCUT2D eigenvalue weighted by Crippen LogP contribution is 2.52. The first-order valence-corrected chi connectivity index (χ1v) is 13.5. The predicted molar refractivity (Wildman–Crippen MR) is 142 cm³/mol. The minimum absolute atomic E-state index is 0.0879. The number of carbonyl (C=O) groups is 1. The Balaban J connectivity index is 1.42. The first kappa shape index (κ1) is 25.6. The van der Waals surface area contributed by atoms with Crippen molar-refractivity contribution in [2.24, 2.45) is 5.92 Å². The summed E-state index contributed by atoms with van der Waals surface area (Å²) in [4.78, 5) is 31.1. The molecule has 1 saturated carbocycles. The van der Waals surface area contributed by atoms with Gasteiger partial charge >= 0.3 is 0 Å². The lowest BCUT2D eigenvalue weighted by Gasteiger charge is -2.37. The molecule has 3 heterocycles. The average Bonchev–Trinajstić information content (AvgIpc) is 3.25. The van der Waals surface area contributed by atoms with Crippen LogP contribution in [0.2, 0.25) is 0 Å². The van der Waals surface area contributed by atoms with E-state index in [1.807, 2.05) is 27.7 Å². The lowest BCUT2D eigenvalue weighted by atomic mass is 9.81. The molecule has 5 rings (SSSR count). The molecule has 8 heteroatoms. The number of rotatable bonds is 6. The van der Waals surface area contributed by atoms with Crippen LogP contribution in [0.1, 0.15) is 77.8 Å². The van der Waals surface area contributed by atoms with Crippen LogP contribution in [0.15, 0.2) is 10.9 Å². The van der Waals surface area contributed by atoms with E-state index in [-0.39, 0.29) is 18.0 Å². The number of pyridine rings is 1. The third kappa shape index (κ3) is 4.39. The number of benzene rings is 1. The van der Waals surface area contributed by atoms with Crippen LogP contribution < -0.4 is 25.1 Å². The minimum Gasteiger partial charge on any atom is -0.496 e. The highest BCUT2D eigenvalue weighted by molar-refractivity contribution is 6.00. The normalized spacial score (nSPS) is 24.8. The highest BCUT2D eigenvalue weighted by Gasteiger charge is 2.48. The van der Waals surface area contributed by atoms with Crippen LogP contribution in [0.4, 0.5) is 0 Å². The molecule has 1 fully saturated rings. The smallest absolute Gasteiger partial charge is 0.256 e. The van der Waals surface area contributed by atoms with Gasteiger partial charge < -0.3 is 29.4 Å². The van der Waals surface area contributed by atoms with Crippen molar-refractivity contribution in [3.05, 3.63) is 49.9 Å². The van der Waals surface area contributed by atoms with Crippen LogP contribution in [-0.2, 0) is 13.0 Å². The molecule has 2 N–H and O–H groups in total. The zero-order valence-electron chi connectivity index (χ0n) is 22.9. The second-order valence-electron chi connectivity index (χ2n) is 10.9. The molecule has 1 aliphatic carbocycles. The van der Waals surface area contributed by atoms with Crippen LogP contribution in [-0.4, -0.2) is 47.8 Å². The largest absolute Gasteiger partial charge is 0.496 e. The second kappa shape index (κ2) is 9.71. The summed E-state index contributed by atoms with van der Waals surface area (Å²) in [5, 5.41) is 3.57. The molecular formula is C29H39N3O5. The van der Waals surface area contributed by atoms with Gasteiger partial charge in [0.05, 0.1) is 19.2 Å². The number of nitrogens with zero attached hydrogens (tertiary/aromatic N) is 1. The Kier molecular flexibility index (Phi) is 6.73. The zero-order chi connectivity index (χ0) is 26.5. The number of fused-ring (bicyclic) bond motifs is 2. The molecule has 1 amide bonds. The van der Waals surface area contributed by atoms with Crippen molar-refractivity contribution < 1.29 is 19.0 Å². The van der Waals surface area contributed by atoms with E-state index in [1.54, 1.807) is 18.1 Å². The first-order valence-electron chi connectivity index (χ1n) is 13.5. The van der Waals surface area contributed by atoms with Crippen LogP contribution in [0.5, 0.6) is 17.2 Å². The van der Waals surface area contributed by atoms with Crippen molar-refractivity contribution in [3.63, 3.8) is 0 Å². The number of aromatic nitrogens is 1. The summed E-state index contributed by atoms with van der Waals surface area (Å²) in [5.41, 5.74) is 4.45. The highest BCUT2D eigenvalue weighted by atomic mass is 16.7. The van der Waals surface area contributed by atoms with Gasteiger partial charge in [-0.25, -0.2) is 0 Å². The van der Waals surface area contributed by atoms with E-state index >= 15 is 0 Å². The van der Waals surface area contributed by atoms with Gasteiger partial charge in [0.15, 0.2) is 11.5 Å². The lowest BCUT2D eigenvalue weighted by Crippen LogP contribution is -2.46. The van der Waals surface area contributed by atoms with Crippen molar-refractivity contribution in [1.82, 2.24) is 15.2 Å². The van der Waals surface area contributed by atoms with Crippen LogP contribution >= 0.6 is 0 Å². The van der Waals surface area contributed by atoms with Gasteiger partial charge in [-0.3, -0.25) is 9.59 Å². The SMILES string of the molecule is CCN[C@H]1CC[C@H](C2(C)Oc3c(C)c4c(c(C)c3O2)C(=O)N(Cc2c(OC)cc(C)[nH]c2=O)CC4)CC1. The summed E-state index contributed by atoms with van der Waals surface area (Å²) in [5.74, 6) is 1.44. The Morgan fingerprint density at radius 1 is 1.11 bits per heavy atom. The van der Waals surface area contributed by atoms with Crippen LogP contribution in [0.3, 0.4) is 0 Å². The van der Waals surface area contributed by atoms with Crippen molar-refractivity contribution in [1.29, 1.82) is 0 Å². The molecule has 37 heavy (non-hydrogen) atoms. The Bertz CT molecular complexity index is 1280. The number of hydrogen-bond donors (Lipinski definition) is 2. The average molecular weight is 510 g/mol. The molecule has 3 aliphatic rings. The molecule has 0 saturated heterocycles. The molecule has 8 nitrogen and oxygen atoms in total. The molecule has 1 aromatic carbocycles. The Morgan fingerprint density at radius 3 is 2.43 bits per heavy atom. The van der Waals surface area contributed by atoms with Crippen LogP contribution in [0, 0.1) is 26.7 Å². The fourth-order valence-corrected chi connectivity index (χ4v) is 6.42. The minimum atomic E-state index is -0.732. The quantitative estimate of drug-likeness (QED) is 0.608. The van der Waals surface area contributed by atoms with Gasteiger partial charge in [-0.05, 0) is 76.6 Å².